The molecule has 1 unspecified atom stereocenters. The summed E-state index contributed by atoms with van der Waals surface area (Å²) in [5.74, 6) is -3.60. The molecule has 26 heavy (non-hydrogen) atoms. The fourth-order valence-electron chi connectivity index (χ4n) is 2.21. The van der Waals surface area contributed by atoms with Gasteiger partial charge in [-0.15, -0.1) is 0 Å². The Morgan fingerprint density at radius 1 is 1.00 bits per heavy atom. The number of esters is 2. The molecule has 0 saturated carbocycles. The van der Waals surface area contributed by atoms with Crippen LogP contribution in [0, 0.1) is 0 Å². The normalized spacial score (nSPS) is 12.5. The van der Waals surface area contributed by atoms with Gasteiger partial charge in [-0.3, -0.25) is 9.36 Å². The molecule has 0 fully saturated rings. The van der Waals surface area contributed by atoms with Gasteiger partial charge in [0, 0.05) is 5.56 Å². The number of hydrogen-bond acceptors (Lipinski definition) is 9. The topological polar surface area (TPSA) is 118 Å². The molecule has 146 valence electrons. The lowest BCUT2D eigenvalue weighted by Crippen LogP contribution is -2.27. The third kappa shape index (κ3) is 5.03. The lowest BCUT2D eigenvalue weighted by atomic mass is 10.1. The Balaban J connectivity index is 3.49. The number of rotatable bonds is 11. The van der Waals surface area contributed by atoms with Gasteiger partial charge in [0.25, 0.3) is 5.78 Å². The van der Waals surface area contributed by atoms with Crippen LogP contribution in [0.15, 0.2) is 16.7 Å². The second-order valence-electron chi connectivity index (χ2n) is 4.79. The van der Waals surface area contributed by atoms with E-state index < -0.39 is 31.0 Å². The van der Waals surface area contributed by atoms with Crippen molar-refractivity contribution in [2.24, 2.45) is 0 Å². The highest BCUT2D eigenvalue weighted by atomic mass is 31.2. The predicted octanol–water partition coefficient (Wildman–Crippen LogP) is 2.90. The van der Waals surface area contributed by atoms with E-state index >= 15 is 0 Å². The summed E-state index contributed by atoms with van der Waals surface area (Å²) in [7, 11) is -4.16. The quantitative estimate of drug-likeness (QED) is 0.319. The van der Waals surface area contributed by atoms with Crippen LogP contribution in [0.4, 0.5) is 0 Å². The van der Waals surface area contributed by atoms with Crippen LogP contribution in [0.2, 0.25) is 0 Å². The molecule has 0 spiro atoms. The second-order valence-corrected chi connectivity index (χ2v) is 6.90. The second kappa shape index (κ2) is 10.3. The van der Waals surface area contributed by atoms with Gasteiger partial charge < -0.3 is 22.9 Å². The zero-order chi connectivity index (χ0) is 19.7. The molecule has 10 heteroatoms. The summed E-state index contributed by atoms with van der Waals surface area (Å²) in [5.41, 5.74) is -1.83. The molecule has 1 aromatic rings. The number of carbonyl (C=O) groups excluding carboxylic acids is 3. The molecule has 0 amide bonds. The van der Waals surface area contributed by atoms with E-state index in [0.717, 1.165) is 6.26 Å². The molecule has 1 rings (SSSR count). The maximum atomic E-state index is 13.2. The van der Waals surface area contributed by atoms with Crippen molar-refractivity contribution in [3.8, 4) is 0 Å². The molecule has 0 N–H and O–H groups in total. The minimum atomic E-state index is -4.16. The SMILES string of the molecule is CCOC(=O)C(=O)C(c1ccoc1C(=O)OCC)P(=O)(OCC)OCC. The maximum absolute atomic E-state index is 13.2. The van der Waals surface area contributed by atoms with E-state index in [1.165, 1.54) is 13.0 Å². The molecule has 1 aromatic heterocycles. The van der Waals surface area contributed by atoms with Crippen LogP contribution in [0.25, 0.3) is 0 Å². The summed E-state index contributed by atoms with van der Waals surface area (Å²) >= 11 is 0. The molecular weight excluding hydrogens is 367 g/mol. The summed E-state index contributed by atoms with van der Waals surface area (Å²) in [6, 6.07) is 1.25. The van der Waals surface area contributed by atoms with E-state index in [-0.39, 0.29) is 37.8 Å². The van der Waals surface area contributed by atoms with Crippen molar-refractivity contribution in [2.45, 2.75) is 33.4 Å². The van der Waals surface area contributed by atoms with Crippen molar-refractivity contribution in [1.82, 2.24) is 0 Å². The Morgan fingerprint density at radius 3 is 2.08 bits per heavy atom. The van der Waals surface area contributed by atoms with Gasteiger partial charge in [-0.25, -0.2) is 9.59 Å². The third-order valence-electron chi connectivity index (χ3n) is 3.11. The van der Waals surface area contributed by atoms with E-state index in [0.29, 0.717) is 0 Å². The molecule has 0 bridgehead atoms. The zero-order valence-corrected chi connectivity index (χ0v) is 16.1. The highest BCUT2D eigenvalue weighted by Crippen LogP contribution is 2.62. The van der Waals surface area contributed by atoms with Gasteiger partial charge in [0.1, 0.15) is 0 Å². The van der Waals surface area contributed by atoms with Crippen molar-refractivity contribution in [1.29, 1.82) is 0 Å². The van der Waals surface area contributed by atoms with Gasteiger partial charge in [-0.2, -0.15) is 0 Å². The summed E-state index contributed by atoms with van der Waals surface area (Å²) in [4.78, 5) is 36.7. The molecule has 0 aliphatic carbocycles. The van der Waals surface area contributed by atoms with E-state index in [1.54, 1.807) is 20.8 Å². The maximum Gasteiger partial charge on any atom is 0.375 e. The minimum absolute atomic E-state index is 0.0452. The van der Waals surface area contributed by atoms with Crippen LogP contribution in [-0.2, 0) is 32.7 Å². The molecule has 1 heterocycles. The molecule has 1 atom stereocenters. The average Bonchev–Trinajstić information content (AvgIpc) is 3.05. The van der Waals surface area contributed by atoms with Crippen LogP contribution in [0.3, 0.4) is 0 Å². The van der Waals surface area contributed by atoms with E-state index in [1.807, 2.05) is 0 Å². The first-order chi connectivity index (χ1) is 12.4. The molecule has 0 aromatic carbocycles. The van der Waals surface area contributed by atoms with Crippen LogP contribution in [-0.4, -0.2) is 44.1 Å². The first-order valence-electron chi connectivity index (χ1n) is 8.20. The molecule has 0 aliphatic heterocycles. The van der Waals surface area contributed by atoms with Gasteiger partial charge in [0.2, 0.25) is 5.76 Å². The Labute approximate surface area is 151 Å². The smallest absolute Gasteiger partial charge is 0.375 e. The Bertz CT molecular complexity index is 669. The Morgan fingerprint density at radius 2 is 1.58 bits per heavy atom. The summed E-state index contributed by atoms with van der Waals surface area (Å²) in [5, 5.41) is 0. The fraction of sp³-hybridized carbons (Fsp3) is 0.562. The number of hydrogen-bond donors (Lipinski definition) is 0. The lowest BCUT2D eigenvalue weighted by molar-refractivity contribution is -0.153. The molecule has 0 aliphatic rings. The van der Waals surface area contributed by atoms with Gasteiger partial charge in [0.05, 0.1) is 32.7 Å². The highest BCUT2D eigenvalue weighted by molar-refractivity contribution is 7.55. The van der Waals surface area contributed by atoms with Gasteiger partial charge in [-0.05, 0) is 33.8 Å². The van der Waals surface area contributed by atoms with Crippen molar-refractivity contribution >= 4 is 25.3 Å². The lowest BCUT2D eigenvalue weighted by Gasteiger charge is -2.24. The van der Waals surface area contributed by atoms with Crippen LogP contribution >= 0.6 is 7.60 Å². The Kier molecular flexibility index (Phi) is 8.71. The van der Waals surface area contributed by atoms with Crippen molar-refractivity contribution in [2.75, 3.05) is 26.4 Å². The monoisotopic (exact) mass is 390 g/mol. The first-order valence-corrected chi connectivity index (χ1v) is 9.81. The van der Waals surface area contributed by atoms with E-state index in [9.17, 15) is 18.9 Å². The molecule has 0 saturated heterocycles. The molecule has 9 nitrogen and oxygen atoms in total. The van der Waals surface area contributed by atoms with Gasteiger partial charge in [-0.1, -0.05) is 0 Å². The van der Waals surface area contributed by atoms with Crippen LogP contribution in [0.1, 0.15) is 49.5 Å². The zero-order valence-electron chi connectivity index (χ0n) is 15.2. The Hall–Kier alpha value is -1.96. The number of carbonyl (C=O) groups is 3. The van der Waals surface area contributed by atoms with E-state index in [4.69, 9.17) is 22.9 Å². The highest BCUT2D eigenvalue weighted by Gasteiger charge is 2.48. The van der Waals surface area contributed by atoms with E-state index in [2.05, 4.69) is 0 Å². The fourth-order valence-corrected chi connectivity index (χ4v) is 4.24. The van der Waals surface area contributed by atoms with Crippen molar-refractivity contribution in [3.05, 3.63) is 23.7 Å². The standard InChI is InChI=1S/C16H23O9P/c1-5-21-15(18)12(17)14(26(20,24-7-3)25-8-4)11-9-10-23-13(11)16(19)22-6-2/h9-10,14H,5-8H2,1-4H3. The van der Waals surface area contributed by atoms with Crippen LogP contribution in [0.5, 0.6) is 0 Å². The number of ketones is 1. The van der Waals surface area contributed by atoms with Crippen molar-refractivity contribution < 1.29 is 41.9 Å². The van der Waals surface area contributed by atoms with Gasteiger partial charge in [0.15, 0.2) is 5.66 Å². The van der Waals surface area contributed by atoms with Gasteiger partial charge >= 0.3 is 19.5 Å². The van der Waals surface area contributed by atoms with Crippen molar-refractivity contribution in [3.63, 3.8) is 0 Å². The molecular formula is C16H23O9P. The summed E-state index contributed by atoms with van der Waals surface area (Å²) in [6.45, 7) is 6.14. The number of Topliss-reactive ketones (excluding diaryl/α,β-unsaturated/α-hetero) is 1. The number of ether oxygens (including phenoxy) is 2. The first kappa shape index (κ1) is 22.1. The summed E-state index contributed by atoms with van der Waals surface area (Å²) < 4.78 is 38.3. The minimum Gasteiger partial charge on any atom is -0.460 e. The third-order valence-corrected chi connectivity index (χ3v) is 5.49. The summed E-state index contributed by atoms with van der Waals surface area (Å²) in [6.07, 6.45) is 1.12. The number of furan rings is 1. The predicted molar refractivity (Wildman–Crippen MR) is 89.9 cm³/mol. The molecule has 0 radical (unpaired) electrons. The average molecular weight is 390 g/mol. The largest absolute Gasteiger partial charge is 0.460 e. The van der Waals surface area contributed by atoms with Crippen LogP contribution < -0.4 is 0 Å².